The monoisotopic (exact) mass is 510 g/mol. The molecule has 10 heteroatoms. The summed E-state index contributed by atoms with van der Waals surface area (Å²) in [6.07, 6.45) is 1.09. The number of rotatable bonds is 16. The van der Waals surface area contributed by atoms with E-state index in [4.69, 9.17) is 18.9 Å². The van der Waals surface area contributed by atoms with Gasteiger partial charge in [-0.3, -0.25) is 14.4 Å². The second-order valence-electron chi connectivity index (χ2n) is 7.25. The fraction of sp³-hybridized carbons (Fsp3) is 0.810. The van der Waals surface area contributed by atoms with Gasteiger partial charge in [0.25, 0.3) is 0 Å². The molecule has 0 spiro atoms. The highest BCUT2D eigenvalue weighted by Crippen LogP contribution is 2.19. The molecule has 0 radical (unpaired) electrons. The third kappa shape index (κ3) is 14.1. The first kappa shape index (κ1) is 29.3. The van der Waals surface area contributed by atoms with Gasteiger partial charge in [0.15, 0.2) is 12.2 Å². The van der Waals surface area contributed by atoms with Crippen LogP contribution in [-0.2, 0) is 38.1 Å². The predicted molar refractivity (Wildman–Crippen MR) is 115 cm³/mol. The van der Waals surface area contributed by atoms with Crippen molar-refractivity contribution in [1.82, 2.24) is 0 Å². The van der Waals surface area contributed by atoms with E-state index in [1.54, 1.807) is 0 Å². The van der Waals surface area contributed by atoms with E-state index < -0.39 is 48.3 Å². The maximum Gasteiger partial charge on any atom is 0.351 e. The summed E-state index contributed by atoms with van der Waals surface area (Å²) in [5.41, 5.74) is 0. The van der Waals surface area contributed by atoms with Crippen molar-refractivity contribution in [2.45, 2.75) is 97.1 Å². The number of hydrogen-bond acceptors (Lipinski definition) is 9. The maximum atomic E-state index is 12.6. The summed E-state index contributed by atoms with van der Waals surface area (Å²) in [4.78, 5) is 47.1. The molecular formula is C21H35BrO9. The van der Waals surface area contributed by atoms with Crippen LogP contribution in [-0.4, -0.2) is 65.3 Å². The number of esters is 4. The lowest BCUT2D eigenvalue weighted by Crippen LogP contribution is -2.53. The van der Waals surface area contributed by atoms with Gasteiger partial charge in [-0.1, -0.05) is 48.0 Å². The van der Waals surface area contributed by atoms with Crippen LogP contribution in [0.15, 0.2) is 0 Å². The average Bonchev–Trinajstić information content (AvgIpc) is 2.66. The van der Waals surface area contributed by atoms with Crippen molar-refractivity contribution in [3.05, 3.63) is 0 Å². The molecule has 0 aromatic carbocycles. The molecule has 0 aliphatic rings. The number of alkyl halides is 1. The van der Waals surface area contributed by atoms with Gasteiger partial charge in [0.05, 0.1) is 12.7 Å². The van der Waals surface area contributed by atoms with E-state index in [0.29, 0.717) is 6.42 Å². The van der Waals surface area contributed by atoms with E-state index in [1.165, 1.54) is 13.3 Å². The number of carbonyl (C=O) groups excluding carboxylic acids is 4. The quantitative estimate of drug-likeness (QED) is 0.144. The molecular weight excluding hydrogens is 476 g/mol. The molecule has 0 aliphatic heterocycles. The van der Waals surface area contributed by atoms with Gasteiger partial charge in [0, 0.05) is 26.1 Å². The molecule has 0 heterocycles. The second kappa shape index (κ2) is 16.9. The Hall–Kier alpha value is -1.68. The number of hydrogen-bond donors (Lipinski definition) is 1. The number of ether oxygens (including phenoxy) is 4. The van der Waals surface area contributed by atoms with E-state index in [9.17, 15) is 24.3 Å². The summed E-state index contributed by atoms with van der Waals surface area (Å²) in [6, 6.07) is 0. The topological polar surface area (TPSA) is 125 Å². The van der Waals surface area contributed by atoms with Crippen molar-refractivity contribution in [2.75, 3.05) is 11.9 Å². The number of carbonyl (C=O) groups is 4. The van der Waals surface area contributed by atoms with Crippen LogP contribution in [0.1, 0.15) is 72.6 Å². The highest BCUT2D eigenvalue weighted by Gasteiger charge is 2.44. The zero-order valence-electron chi connectivity index (χ0n) is 18.8. The Balaban J connectivity index is 5.01. The number of unbranched alkanes of at least 4 members (excludes halogenated alkanes) is 6. The van der Waals surface area contributed by atoms with E-state index in [2.05, 4.69) is 15.9 Å². The van der Waals surface area contributed by atoms with E-state index in [-0.39, 0.29) is 6.61 Å². The Morgan fingerprint density at radius 3 is 1.65 bits per heavy atom. The fourth-order valence-corrected chi connectivity index (χ4v) is 3.28. The zero-order chi connectivity index (χ0) is 23.8. The van der Waals surface area contributed by atoms with Crippen LogP contribution in [0.25, 0.3) is 0 Å². The molecule has 31 heavy (non-hydrogen) atoms. The van der Waals surface area contributed by atoms with Crippen LogP contribution in [0, 0.1) is 0 Å². The van der Waals surface area contributed by atoms with Crippen LogP contribution < -0.4 is 0 Å². The summed E-state index contributed by atoms with van der Waals surface area (Å²) in [6.45, 7) is 4.63. The molecule has 0 rings (SSSR count). The first-order valence-corrected chi connectivity index (χ1v) is 11.6. The molecule has 0 unspecified atom stereocenters. The van der Waals surface area contributed by atoms with Crippen molar-refractivity contribution in [1.29, 1.82) is 0 Å². The first-order chi connectivity index (χ1) is 14.6. The summed E-state index contributed by atoms with van der Waals surface area (Å²) >= 11 is 3.40. The van der Waals surface area contributed by atoms with Gasteiger partial charge in [-0.2, -0.15) is 0 Å². The van der Waals surface area contributed by atoms with Crippen LogP contribution in [0.5, 0.6) is 0 Å². The van der Waals surface area contributed by atoms with Crippen molar-refractivity contribution < 1.29 is 43.2 Å². The highest BCUT2D eigenvalue weighted by molar-refractivity contribution is 9.09. The van der Waals surface area contributed by atoms with Crippen LogP contribution in [0.4, 0.5) is 0 Å². The minimum Gasteiger partial charge on any atom is -0.463 e. The largest absolute Gasteiger partial charge is 0.463 e. The molecule has 0 saturated heterocycles. The molecule has 0 bridgehead atoms. The smallest absolute Gasteiger partial charge is 0.351 e. The summed E-state index contributed by atoms with van der Waals surface area (Å²) < 4.78 is 20.3. The Morgan fingerprint density at radius 2 is 1.19 bits per heavy atom. The first-order valence-electron chi connectivity index (χ1n) is 10.5. The molecule has 1 N–H and O–H groups in total. The van der Waals surface area contributed by atoms with E-state index in [0.717, 1.165) is 58.2 Å². The highest BCUT2D eigenvalue weighted by atomic mass is 79.9. The van der Waals surface area contributed by atoms with Gasteiger partial charge in [0.1, 0.15) is 0 Å². The van der Waals surface area contributed by atoms with Gasteiger partial charge in [0.2, 0.25) is 6.10 Å². The SMILES string of the molecule is CC(=O)O[C@H]([C@@H](OC(C)=O)[C@@H](OC(C)=O)C(=O)OCCCCCCCCCBr)[C@H](C)O. The zero-order valence-corrected chi connectivity index (χ0v) is 20.4. The lowest BCUT2D eigenvalue weighted by molar-refractivity contribution is -0.200. The number of aliphatic hydroxyl groups excluding tert-OH is 1. The summed E-state index contributed by atoms with van der Waals surface area (Å²) in [5.74, 6) is -3.35. The van der Waals surface area contributed by atoms with Gasteiger partial charge in [-0.05, 0) is 19.8 Å². The predicted octanol–water partition coefficient (Wildman–Crippen LogP) is 2.83. The molecule has 0 aromatic rings. The van der Waals surface area contributed by atoms with E-state index in [1.807, 2.05) is 0 Å². The number of halogens is 1. The van der Waals surface area contributed by atoms with Crippen molar-refractivity contribution in [3.8, 4) is 0 Å². The molecule has 4 atom stereocenters. The normalized spacial score (nSPS) is 14.6. The van der Waals surface area contributed by atoms with Crippen LogP contribution in [0.2, 0.25) is 0 Å². The molecule has 9 nitrogen and oxygen atoms in total. The lowest BCUT2D eigenvalue weighted by atomic mass is 10.0. The van der Waals surface area contributed by atoms with Crippen molar-refractivity contribution in [3.63, 3.8) is 0 Å². The third-order valence-corrected chi connectivity index (χ3v) is 4.81. The molecule has 0 amide bonds. The Labute approximate surface area is 192 Å². The molecule has 0 aromatic heterocycles. The number of aliphatic hydroxyl groups is 1. The average molecular weight is 511 g/mol. The molecule has 180 valence electrons. The Kier molecular flexibility index (Phi) is 16.0. The molecule has 0 saturated carbocycles. The van der Waals surface area contributed by atoms with Crippen molar-refractivity contribution in [2.24, 2.45) is 0 Å². The Bertz CT molecular complexity index is 565. The van der Waals surface area contributed by atoms with Gasteiger partial charge in [-0.25, -0.2) is 4.79 Å². The van der Waals surface area contributed by atoms with Crippen LogP contribution >= 0.6 is 15.9 Å². The van der Waals surface area contributed by atoms with Crippen molar-refractivity contribution >= 4 is 39.8 Å². The molecule has 0 fully saturated rings. The fourth-order valence-electron chi connectivity index (χ4n) is 2.89. The molecule has 0 aliphatic carbocycles. The summed E-state index contributed by atoms with van der Waals surface area (Å²) in [7, 11) is 0. The van der Waals surface area contributed by atoms with E-state index >= 15 is 0 Å². The second-order valence-corrected chi connectivity index (χ2v) is 8.04. The third-order valence-electron chi connectivity index (χ3n) is 4.25. The standard InChI is InChI=1S/C21H35BrO9/c1-14(23)18(29-15(2)24)19(30-16(3)25)20(31-17(4)26)21(27)28-13-11-9-7-5-6-8-10-12-22/h14,18-20,23H,5-13H2,1-4H3/t14-,18-,19+,20+/m0/s1. The van der Waals surface area contributed by atoms with Gasteiger partial charge in [-0.15, -0.1) is 0 Å². The lowest BCUT2D eigenvalue weighted by Gasteiger charge is -2.32. The van der Waals surface area contributed by atoms with Gasteiger partial charge < -0.3 is 24.1 Å². The Morgan fingerprint density at radius 1 is 0.742 bits per heavy atom. The minimum absolute atomic E-state index is 0.0949. The van der Waals surface area contributed by atoms with Crippen LogP contribution in [0.3, 0.4) is 0 Å². The van der Waals surface area contributed by atoms with Gasteiger partial charge >= 0.3 is 23.9 Å². The minimum atomic E-state index is -1.69. The maximum absolute atomic E-state index is 12.6. The summed E-state index contributed by atoms with van der Waals surface area (Å²) in [5, 5.41) is 11.0.